The van der Waals surface area contributed by atoms with Crippen LogP contribution in [0.3, 0.4) is 0 Å². The Bertz CT molecular complexity index is 665. The van der Waals surface area contributed by atoms with E-state index in [0.29, 0.717) is 16.5 Å². The van der Waals surface area contributed by atoms with Gasteiger partial charge in [0.2, 0.25) is 0 Å². The van der Waals surface area contributed by atoms with E-state index in [0.717, 1.165) is 12.2 Å². The Morgan fingerprint density at radius 3 is 2.59 bits per heavy atom. The molecule has 1 aromatic heterocycles. The summed E-state index contributed by atoms with van der Waals surface area (Å²) >= 11 is 6.34. The van der Waals surface area contributed by atoms with Gasteiger partial charge in [0, 0.05) is 18.3 Å². The van der Waals surface area contributed by atoms with Gasteiger partial charge in [-0.25, -0.2) is 0 Å². The van der Waals surface area contributed by atoms with Crippen molar-refractivity contribution < 1.29 is 4.79 Å². The fraction of sp³-hybridized carbons (Fsp3) is 0.438. The third-order valence-electron chi connectivity index (χ3n) is 3.94. The van der Waals surface area contributed by atoms with Crippen molar-refractivity contribution in [2.75, 3.05) is 6.54 Å². The molecule has 0 unspecified atom stereocenters. The van der Waals surface area contributed by atoms with Crippen LogP contribution in [0.1, 0.15) is 37.0 Å². The van der Waals surface area contributed by atoms with Crippen molar-refractivity contribution in [1.29, 1.82) is 0 Å². The Balaban J connectivity index is 1.85. The zero-order valence-corrected chi connectivity index (χ0v) is 13.5. The Morgan fingerprint density at radius 2 is 2.05 bits per heavy atom. The summed E-state index contributed by atoms with van der Waals surface area (Å²) in [4.78, 5) is 14.7. The van der Waals surface area contributed by atoms with Crippen LogP contribution in [0.15, 0.2) is 30.9 Å². The van der Waals surface area contributed by atoms with Crippen LogP contribution < -0.4 is 0 Å². The summed E-state index contributed by atoms with van der Waals surface area (Å²) < 4.78 is 1.75. The maximum absolute atomic E-state index is 12.8. The van der Waals surface area contributed by atoms with Gasteiger partial charge >= 0.3 is 0 Å². The monoisotopic (exact) mass is 318 g/mol. The summed E-state index contributed by atoms with van der Waals surface area (Å²) in [5, 5.41) is 8.00. The van der Waals surface area contributed by atoms with Crippen molar-refractivity contribution in [1.82, 2.24) is 19.7 Å². The molecule has 1 aliphatic carbocycles. The summed E-state index contributed by atoms with van der Waals surface area (Å²) in [6.07, 6.45) is 5.63. The van der Waals surface area contributed by atoms with Crippen LogP contribution >= 0.6 is 11.6 Å². The average molecular weight is 319 g/mol. The van der Waals surface area contributed by atoms with Gasteiger partial charge in [0.05, 0.1) is 10.6 Å². The van der Waals surface area contributed by atoms with Crippen molar-refractivity contribution in [3.63, 3.8) is 0 Å². The molecule has 1 aromatic carbocycles. The number of hydrogen-bond donors (Lipinski definition) is 0. The molecule has 0 N–H and O–H groups in total. The number of amides is 1. The topological polar surface area (TPSA) is 51.0 Å². The van der Waals surface area contributed by atoms with Crippen molar-refractivity contribution in [2.24, 2.45) is 5.92 Å². The maximum atomic E-state index is 12.8. The van der Waals surface area contributed by atoms with Crippen molar-refractivity contribution in [3.05, 3.63) is 41.4 Å². The number of aromatic nitrogens is 3. The van der Waals surface area contributed by atoms with E-state index in [-0.39, 0.29) is 11.9 Å². The van der Waals surface area contributed by atoms with Crippen molar-refractivity contribution in [3.8, 4) is 5.69 Å². The lowest BCUT2D eigenvalue weighted by Crippen LogP contribution is -2.38. The largest absolute Gasteiger partial charge is 0.336 e. The van der Waals surface area contributed by atoms with Gasteiger partial charge in [0.25, 0.3) is 5.91 Å². The second kappa shape index (κ2) is 6.08. The van der Waals surface area contributed by atoms with Crippen molar-refractivity contribution >= 4 is 17.5 Å². The lowest BCUT2D eigenvalue weighted by atomic mass is 10.1. The van der Waals surface area contributed by atoms with Gasteiger partial charge in [-0.15, -0.1) is 10.2 Å². The molecular weight excluding hydrogens is 300 g/mol. The van der Waals surface area contributed by atoms with Gasteiger partial charge in [-0.2, -0.15) is 0 Å². The van der Waals surface area contributed by atoms with Crippen LogP contribution in [0.2, 0.25) is 5.02 Å². The van der Waals surface area contributed by atoms with Crippen LogP contribution in [0.5, 0.6) is 0 Å². The second-order valence-electron chi connectivity index (χ2n) is 6.03. The number of carbonyl (C=O) groups is 1. The van der Waals surface area contributed by atoms with E-state index in [4.69, 9.17) is 11.6 Å². The molecule has 0 bridgehead atoms. The van der Waals surface area contributed by atoms with Crippen LogP contribution in [0, 0.1) is 5.92 Å². The minimum absolute atomic E-state index is 0.00204. The Hall–Kier alpha value is -1.88. The highest BCUT2D eigenvalue weighted by Gasteiger charge is 2.29. The first-order valence-electron chi connectivity index (χ1n) is 7.52. The third-order valence-corrected chi connectivity index (χ3v) is 4.25. The standard InChI is InChI=1S/C16H19ClN4O/c1-11(2)21(8-12-3-4-12)16(22)14-6-5-13(7-15(14)17)20-9-18-19-10-20/h5-7,9-12H,3-4,8H2,1-2H3. The predicted octanol–water partition coefficient (Wildman–Crippen LogP) is 3.18. The smallest absolute Gasteiger partial charge is 0.255 e. The molecule has 1 fully saturated rings. The first-order chi connectivity index (χ1) is 10.6. The van der Waals surface area contributed by atoms with E-state index in [1.807, 2.05) is 24.8 Å². The molecule has 0 saturated heterocycles. The van der Waals surface area contributed by atoms with E-state index >= 15 is 0 Å². The summed E-state index contributed by atoms with van der Waals surface area (Å²) in [6.45, 7) is 4.90. The molecule has 6 heteroatoms. The molecule has 2 aromatic rings. The number of hydrogen-bond acceptors (Lipinski definition) is 3. The Kier molecular flexibility index (Phi) is 4.16. The number of carbonyl (C=O) groups excluding carboxylic acids is 1. The SMILES string of the molecule is CC(C)N(CC1CC1)C(=O)c1ccc(-n2cnnc2)cc1Cl. The molecule has 5 nitrogen and oxygen atoms in total. The lowest BCUT2D eigenvalue weighted by Gasteiger charge is -2.27. The summed E-state index contributed by atoms with van der Waals surface area (Å²) in [7, 11) is 0. The van der Waals surface area contributed by atoms with E-state index in [1.54, 1.807) is 29.4 Å². The van der Waals surface area contributed by atoms with E-state index in [2.05, 4.69) is 10.2 Å². The van der Waals surface area contributed by atoms with Gasteiger partial charge in [-0.3, -0.25) is 9.36 Å². The highest BCUT2D eigenvalue weighted by atomic mass is 35.5. The number of nitrogens with zero attached hydrogens (tertiary/aromatic N) is 4. The second-order valence-corrected chi connectivity index (χ2v) is 6.44. The quantitative estimate of drug-likeness (QED) is 0.850. The summed E-state index contributed by atoms with van der Waals surface area (Å²) in [5.74, 6) is 0.656. The molecule has 0 spiro atoms. The third kappa shape index (κ3) is 3.14. The highest BCUT2D eigenvalue weighted by Crippen LogP contribution is 2.31. The molecule has 1 amide bonds. The summed E-state index contributed by atoms with van der Waals surface area (Å²) in [5.41, 5.74) is 1.39. The van der Waals surface area contributed by atoms with Crippen LogP contribution in [0.25, 0.3) is 5.69 Å². The molecule has 22 heavy (non-hydrogen) atoms. The predicted molar refractivity (Wildman–Crippen MR) is 85.3 cm³/mol. The molecule has 0 aliphatic heterocycles. The van der Waals surface area contributed by atoms with Gasteiger partial charge in [-0.1, -0.05) is 11.6 Å². The number of halogens is 1. The molecule has 0 atom stereocenters. The molecule has 1 aliphatic rings. The van der Waals surface area contributed by atoms with Gasteiger partial charge in [0.15, 0.2) is 0 Å². The van der Waals surface area contributed by atoms with E-state index < -0.39 is 0 Å². The molecule has 116 valence electrons. The molecule has 1 heterocycles. The Morgan fingerprint density at radius 1 is 1.36 bits per heavy atom. The first kappa shape index (κ1) is 15.0. The minimum Gasteiger partial charge on any atom is -0.336 e. The van der Waals surface area contributed by atoms with Crippen LogP contribution in [0.4, 0.5) is 0 Å². The van der Waals surface area contributed by atoms with Crippen molar-refractivity contribution in [2.45, 2.75) is 32.7 Å². The number of benzene rings is 1. The van der Waals surface area contributed by atoms with E-state index in [1.165, 1.54) is 12.8 Å². The fourth-order valence-corrected chi connectivity index (χ4v) is 2.69. The zero-order valence-electron chi connectivity index (χ0n) is 12.7. The van der Waals surface area contributed by atoms with Gasteiger partial charge in [-0.05, 0) is 50.8 Å². The van der Waals surface area contributed by atoms with Crippen LogP contribution in [-0.2, 0) is 0 Å². The Labute approximate surface area is 134 Å². The van der Waals surface area contributed by atoms with Crippen LogP contribution in [-0.4, -0.2) is 38.2 Å². The molecule has 1 saturated carbocycles. The molecule has 0 radical (unpaired) electrons. The number of rotatable bonds is 5. The molecular formula is C16H19ClN4O. The van der Waals surface area contributed by atoms with Gasteiger partial charge < -0.3 is 4.90 Å². The fourth-order valence-electron chi connectivity index (χ4n) is 2.43. The average Bonchev–Trinajstić information content (AvgIpc) is 3.14. The lowest BCUT2D eigenvalue weighted by molar-refractivity contribution is 0.0696. The highest BCUT2D eigenvalue weighted by molar-refractivity contribution is 6.34. The minimum atomic E-state index is 0.00204. The van der Waals surface area contributed by atoms with Gasteiger partial charge in [0.1, 0.15) is 12.7 Å². The summed E-state index contributed by atoms with van der Waals surface area (Å²) in [6, 6.07) is 5.58. The normalized spacial score (nSPS) is 14.4. The maximum Gasteiger partial charge on any atom is 0.255 e. The zero-order chi connectivity index (χ0) is 15.7. The molecule has 3 rings (SSSR count). The first-order valence-corrected chi connectivity index (χ1v) is 7.89. The van der Waals surface area contributed by atoms with E-state index in [9.17, 15) is 4.79 Å².